The molecule has 1 heterocycles. The molecular weight excluding hydrogens is 274 g/mol. The molecule has 1 aliphatic heterocycles. The zero-order valence-electron chi connectivity index (χ0n) is 13.1. The van der Waals surface area contributed by atoms with Crippen LogP contribution in [0.25, 0.3) is 16.8 Å². The van der Waals surface area contributed by atoms with Crippen molar-refractivity contribution in [3.05, 3.63) is 54.1 Å². The average molecular weight is 297 g/mol. The summed E-state index contributed by atoms with van der Waals surface area (Å²) in [6, 6.07) is 14.6. The van der Waals surface area contributed by atoms with Crippen LogP contribution in [0, 0.1) is 5.92 Å². The summed E-state index contributed by atoms with van der Waals surface area (Å²) in [7, 11) is 1.72. The minimum Gasteiger partial charge on any atom is -0.379 e. The highest BCUT2D eigenvalue weighted by molar-refractivity contribution is 5.84. The van der Waals surface area contributed by atoms with Crippen LogP contribution < -0.4 is 5.73 Å². The maximum absolute atomic E-state index is 6.28. The van der Waals surface area contributed by atoms with E-state index in [9.17, 15) is 0 Å². The Bertz CT molecular complexity index is 667. The molecule has 0 radical (unpaired) electrons. The van der Waals surface area contributed by atoms with Crippen LogP contribution in [0.5, 0.6) is 0 Å². The number of methoxy groups -OCH3 is 1. The Balaban J connectivity index is 1.77. The molecule has 0 aromatic heterocycles. The summed E-state index contributed by atoms with van der Waals surface area (Å²) in [4.78, 5) is 0. The molecule has 2 N–H and O–H groups in total. The van der Waals surface area contributed by atoms with E-state index in [0.717, 1.165) is 5.56 Å². The second-order valence-corrected chi connectivity index (χ2v) is 6.02. The standard InChI is InChI=1S/C19H23NO2/c1-13-12-22-17(18(20)19(13)21-2)10-8-14-7-9-15-5-3-4-6-16(15)11-14/h3-11,13,17-19H,12,20H2,1-2H3/b10-8+/t13-,17-,18-,19-/m0/s1. The first-order chi connectivity index (χ1) is 10.7. The Morgan fingerprint density at radius 3 is 2.73 bits per heavy atom. The Hall–Kier alpha value is -1.68. The van der Waals surface area contributed by atoms with Crippen molar-refractivity contribution in [3.63, 3.8) is 0 Å². The van der Waals surface area contributed by atoms with Crippen molar-refractivity contribution >= 4 is 16.8 Å². The maximum atomic E-state index is 6.28. The highest BCUT2D eigenvalue weighted by Crippen LogP contribution is 2.23. The molecule has 3 rings (SSSR count). The van der Waals surface area contributed by atoms with Crippen molar-refractivity contribution in [1.82, 2.24) is 0 Å². The maximum Gasteiger partial charge on any atom is 0.0935 e. The summed E-state index contributed by atoms with van der Waals surface area (Å²) in [6.07, 6.45) is 4.07. The molecule has 1 aliphatic rings. The molecule has 1 fully saturated rings. The van der Waals surface area contributed by atoms with E-state index in [1.807, 2.05) is 6.08 Å². The Morgan fingerprint density at radius 1 is 1.18 bits per heavy atom. The molecule has 1 saturated heterocycles. The third kappa shape index (κ3) is 3.07. The van der Waals surface area contributed by atoms with Gasteiger partial charge in [0.25, 0.3) is 0 Å². The molecule has 0 aliphatic carbocycles. The van der Waals surface area contributed by atoms with E-state index >= 15 is 0 Å². The van der Waals surface area contributed by atoms with Gasteiger partial charge in [-0.1, -0.05) is 55.5 Å². The van der Waals surface area contributed by atoms with Gasteiger partial charge in [-0.15, -0.1) is 0 Å². The van der Waals surface area contributed by atoms with Crippen molar-refractivity contribution < 1.29 is 9.47 Å². The molecule has 0 saturated carbocycles. The summed E-state index contributed by atoms with van der Waals surface area (Å²) in [5.74, 6) is 0.324. The Morgan fingerprint density at radius 2 is 1.95 bits per heavy atom. The lowest BCUT2D eigenvalue weighted by Crippen LogP contribution is -2.54. The van der Waals surface area contributed by atoms with E-state index in [0.29, 0.717) is 12.5 Å². The van der Waals surface area contributed by atoms with Crippen LogP contribution in [0.2, 0.25) is 0 Å². The molecular formula is C19H23NO2. The van der Waals surface area contributed by atoms with Crippen LogP contribution in [-0.4, -0.2) is 32.0 Å². The lowest BCUT2D eigenvalue weighted by molar-refractivity contribution is -0.0896. The zero-order valence-corrected chi connectivity index (χ0v) is 13.1. The number of fused-ring (bicyclic) bond motifs is 1. The molecule has 3 nitrogen and oxygen atoms in total. The quantitative estimate of drug-likeness (QED) is 0.946. The van der Waals surface area contributed by atoms with Crippen molar-refractivity contribution in [2.75, 3.05) is 13.7 Å². The first kappa shape index (κ1) is 15.2. The zero-order chi connectivity index (χ0) is 15.5. The summed E-state index contributed by atoms with van der Waals surface area (Å²) in [6.45, 7) is 2.79. The summed E-state index contributed by atoms with van der Waals surface area (Å²) in [5.41, 5.74) is 7.43. The first-order valence-corrected chi connectivity index (χ1v) is 7.76. The van der Waals surface area contributed by atoms with Crippen LogP contribution in [0.15, 0.2) is 48.5 Å². The van der Waals surface area contributed by atoms with E-state index in [-0.39, 0.29) is 18.2 Å². The molecule has 0 unspecified atom stereocenters. The number of benzene rings is 2. The van der Waals surface area contributed by atoms with Crippen LogP contribution in [0.3, 0.4) is 0 Å². The van der Waals surface area contributed by atoms with Gasteiger partial charge in [0.05, 0.1) is 24.9 Å². The number of nitrogens with two attached hydrogens (primary N) is 1. The molecule has 4 atom stereocenters. The van der Waals surface area contributed by atoms with Gasteiger partial charge in [0.1, 0.15) is 0 Å². The van der Waals surface area contributed by atoms with Gasteiger partial charge in [-0.05, 0) is 22.4 Å². The van der Waals surface area contributed by atoms with E-state index in [4.69, 9.17) is 15.2 Å². The van der Waals surface area contributed by atoms with E-state index in [2.05, 4.69) is 55.5 Å². The van der Waals surface area contributed by atoms with Crippen LogP contribution in [0.4, 0.5) is 0 Å². The number of hydrogen-bond acceptors (Lipinski definition) is 3. The van der Waals surface area contributed by atoms with E-state index in [1.54, 1.807) is 7.11 Å². The molecule has 2 aromatic carbocycles. The van der Waals surface area contributed by atoms with Crippen molar-refractivity contribution in [2.45, 2.75) is 25.2 Å². The second kappa shape index (κ2) is 6.61. The van der Waals surface area contributed by atoms with Gasteiger partial charge >= 0.3 is 0 Å². The molecule has 3 heteroatoms. The predicted molar refractivity (Wildman–Crippen MR) is 90.7 cm³/mol. The molecule has 22 heavy (non-hydrogen) atoms. The van der Waals surface area contributed by atoms with Crippen LogP contribution in [0.1, 0.15) is 12.5 Å². The first-order valence-electron chi connectivity index (χ1n) is 7.76. The van der Waals surface area contributed by atoms with Gasteiger partial charge in [0, 0.05) is 13.0 Å². The van der Waals surface area contributed by atoms with Gasteiger partial charge in [0.2, 0.25) is 0 Å². The lowest BCUT2D eigenvalue weighted by Gasteiger charge is -2.37. The number of rotatable bonds is 3. The van der Waals surface area contributed by atoms with Crippen molar-refractivity contribution in [2.24, 2.45) is 11.7 Å². The summed E-state index contributed by atoms with van der Waals surface area (Å²) < 4.78 is 11.4. The minimum absolute atomic E-state index is 0.0417. The summed E-state index contributed by atoms with van der Waals surface area (Å²) in [5, 5.41) is 2.49. The normalized spacial score (nSPS) is 29.2. The van der Waals surface area contributed by atoms with Crippen LogP contribution >= 0.6 is 0 Å². The second-order valence-electron chi connectivity index (χ2n) is 6.02. The van der Waals surface area contributed by atoms with Gasteiger partial charge in [-0.3, -0.25) is 0 Å². The average Bonchev–Trinajstić information content (AvgIpc) is 2.54. The van der Waals surface area contributed by atoms with Gasteiger partial charge < -0.3 is 15.2 Å². The SMILES string of the molecule is CO[C@@H]1[C@@H](N)[C@H](/C=C/c2ccc3ccccc3c2)OC[C@@H]1C. The fourth-order valence-electron chi connectivity index (χ4n) is 3.13. The van der Waals surface area contributed by atoms with Gasteiger partial charge in [-0.25, -0.2) is 0 Å². The number of ether oxygens (including phenoxy) is 2. The largest absolute Gasteiger partial charge is 0.379 e. The Labute approximate surface area is 131 Å². The third-order valence-electron chi connectivity index (χ3n) is 4.40. The van der Waals surface area contributed by atoms with Gasteiger partial charge in [-0.2, -0.15) is 0 Å². The molecule has 2 aromatic rings. The highest BCUT2D eigenvalue weighted by Gasteiger charge is 2.34. The highest BCUT2D eigenvalue weighted by atomic mass is 16.5. The third-order valence-corrected chi connectivity index (χ3v) is 4.40. The Kier molecular flexibility index (Phi) is 4.57. The minimum atomic E-state index is -0.134. The van der Waals surface area contributed by atoms with Crippen molar-refractivity contribution in [1.29, 1.82) is 0 Å². The van der Waals surface area contributed by atoms with E-state index < -0.39 is 0 Å². The van der Waals surface area contributed by atoms with Gasteiger partial charge in [0.15, 0.2) is 0 Å². The molecule has 116 valence electrons. The molecule has 0 amide bonds. The number of hydrogen-bond donors (Lipinski definition) is 1. The fourth-order valence-corrected chi connectivity index (χ4v) is 3.13. The smallest absolute Gasteiger partial charge is 0.0935 e. The monoisotopic (exact) mass is 297 g/mol. The van der Waals surface area contributed by atoms with Crippen LogP contribution in [-0.2, 0) is 9.47 Å². The molecule has 0 bridgehead atoms. The van der Waals surface area contributed by atoms with E-state index in [1.165, 1.54) is 10.8 Å². The molecule has 0 spiro atoms. The topological polar surface area (TPSA) is 44.5 Å². The summed E-state index contributed by atoms with van der Waals surface area (Å²) >= 11 is 0. The van der Waals surface area contributed by atoms with Crippen molar-refractivity contribution in [3.8, 4) is 0 Å². The lowest BCUT2D eigenvalue weighted by atomic mass is 9.91. The fraction of sp³-hybridized carbons (Fsp3) is 0.368. The predicted octanol–water partition coefficient (Wildman–Crippen LogP) is 3.23.